The Balaban J connectivity index is 1.90. The number of carbonyl (C=O) groups excluding carboxylic acids is 2. The van der Waals surface area contributed by atoms with E-state index in [1.807, 2.05) is 61.7 Å². The van der Waals surface area contributed by atoms with Crippen molar-refractivity contribution in [2.24, 2.45) is 0 Å². The number of nitrogens with zero attached hydrogens (tertiary/aromatic N) is 1. The molecule has 1 atom stereocenters. The Bertz CT molecular complexity index is 754. The second-order valence-electron chi connectivity index (χ2n) is 7.40. The minimum absolute atomic E-state index is 0.0467. The van der Waals surface area contributed by atoms with E-state index in [0.717, 1.165) is 36.2 Å². The van der Waals surface area contributed by atoms with Gasteiger partial charge in [-0.05, 0) is 49.8 Å². The zero-order valence-electron chi connectivity index (χ0n) is 16.1. The van der Waals surface area contributed by atoms with Gasteiger partial charge < -0.3 is 5.32 Å². The highest BCUT2D eigenvalue weighted by Gasteiger charge is 2.42. The third kappa shape index (κ3) is 4.41. The van der Waals surface area contributed by atoms with Crippen LogP contribution in [0.2, 0.25) is 0 Å². The van der Waals surface area contributed by atoms with Gasteiger partial charge >= 0.3 is 0 Å². The molecule has 2 amide bonds. The van der Waals surface area contributed by atoms with Gasteiger partial charge in [-0.3, -0.25) is 14.5 Å². The van der Waals surface area contributed by atoms with E-state index >= 15 is 0 Å². The van der Waals surface area contributed by atoms with Crippen LogP contribution >= 0.6 is 11.3 Å². The molecule has 0 saturated heterocycles. The van der Waals surface area contributed by atoms with Crippen LogP contribution in [-0.2, 0) is 16.0 Å². The van der Waals surface area contributed by atoms with E-state index in [2.05, 4.69) is 5.32 Å². The maximum Gasteiger partial charge on any atom is 0.246 e. The Kier molecular flexibility index (Phi) is 6.32. The number of benzene rings is 1. The number of hydrogen-bond acceptors (Lipinski definition) is 3. The lowest BCUT2D eigenvalue weighted by molar-refractivity contribution is -0.130. The van der Waals surface area contributed by atoms with Crippen molar-refractivity contribution in [3.05, 3.63) is 52.7 Å². The largest absolute Gasteiger partial charge is 0.351 e. The molecule has 1 saturated carbocycles. The maximum atomic E-state index is 13.3. The molecule has 4 nitrogen and oxygen atoms in total. The van der Waals surface area contributed by atoms with Crippen molar-refractivity contribution in [1.29, 1.82) is 0 Å². The Morgan fingerprint density at radius 2 is 1.85 bits per heavy atom. The molecule has 0 bridgehead atoms. The van der Waals surface area contributed by atoms with Crippen LogP contribution in [0.3, 0.4) is 0 Å². The van der Waals surface area contributed by atoms with Crippen LogP contribution in [0.15, 0.2) is 47.8 Å². The molecule has 27 heavy (non-hydrogen) atoms. The van der Waals surface area contributed by atoms with Crippen molar-refractivity contribution < 1.29 is 9.59 Å². The Morgan fingerprint density at radius 1 is 1.15 bits per heavy atom. The average molecular weight is 385 g/mol. The third-order valence-corrected chi connectivity index (χ3v) is 6.41. The molecular weight excluding hydrogens is 356 g/mol. The Morgan fingerprint density at radius 3 is 2.44 bits per heavy atom. The van der Waals surface area contributed by atoms with Crippen LogP contribution in [0.1, 0.15) is 50.8 Å². The lowest BCUT2D eigenvalue weighted by atomic mass is 9.92. The van der Waals surface area contributed by atoms with Crippen LogP contribution in [-0.4, -0.2) is 23.4 Å². The van der Waals surface area contributed by atoms with E-state index in [1.165, 1.54) is 0 Å². The smallest absolute Gasteiger partial charge is 0.246 e. The Labute approximate surface area is 165 Å². The Hall–Kier alpha value is -2.14. The van der Waals surface area contributed by atoms with E-state index in [9.17, 15) is 9.59 Å². The number of rotatable bonds is 7. The zero-order valence-corrected chi connectivity index (χ0v) is 16.9. The molecule has 1 aromatic carbocycles. The van der Waals surface area contributed by atoms with Gasteiger partial charge in [0.25, 0.3) is 0 Å². The fraction of sp³-hybridized carbons (Fsp3) is 0.455. The molecular formula is C22H28N2O2S. The SMILES string of the molecule is CC[C@](C)(C(=O)NC1CCCC1)N(C(=O)Cc1cccs1)c1ccccc1. The summed E-state index contributed by atoms with van der Waals surface area (Å²) in [6.45, 7) is 3.86. The highest BCUT2D eigenvalue weighted by molar-refractivity contribution is 7.10. The van der Waals surface area contributed by atoms with Gasteiger partial charge in [0.05, 0.1) is 6.42 Å². The molecule has 1 heterocycles. The van der Waals surface area contributed by atoms with Crippen LogP contribution in [0.25, 0.3) is 0 Å². The second kappa shape index (κ2) is 8.70. The van der Waals surface area contributed by atoms with Gasteiger partial charge in [-0.25, -0.2) is 0 Å². The summed E-state index contributed by atoms with van der Waals surface area (Å²) in [5.41, 5.74) is -0.150. The number of anilines is 1. The molecule has 1 aliphatic rings. The number of hydrogen-bond donors (Lipinski definition) is 1. The van der Waals surface area contributed by atoms with Crippen molar-refractivity contribution in [2.45, 2.75) is 64.0 Å². The number of para-hydroxylation sites is 1. The number of amides is 2. The second-order valence-corrected chi connectivity index (χ2v) is 8.44. The van der Waals surface area contributed by atoms with Gasteiger partial charge in [-0.1, -0.05) is 44.0 Å². The minimum Gasteiger partial charge on any atom is -0.351 e. The van der Waals surface area contributed by atoms with Crippen LogP contribution in [0.5, 0.6) is 0 Å². The van der Waals surface area contributed by atoms with Crippen molar-refractivity contribution in [2.75, 3.05) is 4.90 Å². The van der Waals surface area contributed by atoms with Gasteiger partial charge in [0.1, 0.15) is 5.54 Å². The fourth-order valence-corrected chi connectivity index (χ4v) is 4.45. The monoisotopic (exact) mass is 384 g/mol. The number of nitrogens with one attached hydrogen (secondary N) is 1. The molecule has 1 N–H and O–H groups in total. The molecule has 1 fully saturated rings. The first-order valence-electron chi connectivity index (χ1n) is 9.76. The molecule has 0 aliphatic heterocycles. The summed E-state index contributed by atoms with van der Waals surface area (Å²) in [6, 6.07) is 13.7. The zero-order chi connectivity index (χ0) is 19.3. The summed E-state index contributed by atoms with van der Waals surface area (Å²) >= 11 is 1.57. The van der Waals surface area contributed by atoms with E-state index in [4.69, 9.17) is 0 Å². The molecule has 5 heteroatoms. The van der Waals surface area contributed by atoms with Gasteiger partial charge in [0.2, 0.25) is 11.8 Å². The third-order valence-electron chi connectivity index (χ3n) is 5.53. The topological polar surface area (TPSA) is 49.4 Å². The first-order valence-corrected chi connectivity index (χ1v) is 10.6. The summed E-state index contributed by atoms with van der Waals surface area (Å²) in [7, 11) is 0. The van der Waals surface area contributed by atoms with Gasteiger partial charge in [-0.2, -0.15) is 0 Å². The summed E-state index contributed by atoms with van der Waals surface area (Å²) in [5, 5.41) is 5.18. The van der Waals surface area contributed by atoms with Crippen LogP contribution < -0.4 is 10.2 Å². The standard InChI is InChI=1S/C22H28N2O2S/c1-3-22(2,21(26)23-17-10-7-8-11-17)24(18-12-5-4-6-13-18)20(25)16-19-14-9-15-27-19/h4-6,9,12-15,17H,3,7-8,10-11,16H2,1-2H3,(H,23,26)/t22-/m1/s1. The van der Waals surface area contributed by atoms with E-state index < -0.39 is 5.54 Å². The van der Waals surface area contributed by atoms with Gasteiger partial charge in [0.15, 0.2) is 0 Å². The molecule has 2 aromatic rings. The first kappa shape index (κ1) is 19.6. The highest BCUT2D eigenvalue weighted by Crippen LogP contribution is 2.30. The summed E-state index contributed by atoms with van der Waals surface area (Å²) < 4.78 is 0. The minimum atomic E-state index is -0.918. The van der Waals surface area contributed by atoms with E-state index in [-0.39, 0.29) is 17.9 Å². The first-order chi connectivity index (χ1) is 13.0. The fourth-order valence-electron chi connectivity index (χ4n) is 3.75. The highest BCUT2D eigenvalue weighted by atomic mass is 32.1. The molecule has 0 unspecified atom stereocenters. The molecule has 3 rings (SSSR count). The quantitative estimate of drug-likeness (QED) is 0.761. The summed E-state index contributed by atoms with van der Waals surface area (Å²) in [6.07, 6.45) is 5.23. The lowest BCUT2D eigenvalue weighted by Gasteiger charge is -2.40. The molecule has 1 aliphatic carbocycles. The molecule has 1 aromatic heterocycles. The molecule has 144 valence electrons. The van der Waals surface area contributed by atoms with Gasteiger partial charge in [-0.15, -0.1) is 11.3 Å². The average Bonchev–Trinajstić information content (AvgIpc) is 3.36. The van der Waals surface area contributed by atoms with E-state index in [1.54, 1.807) is 16.2 Å². The predicted molar refractivity (Wildman–Crippen MR) is 111 cm³/mol. The van der Waals surface area contributed by atoms with Crippen molar-refractivity contribution in [3.8, 4) is 0 Å². The summed E-state index contributed by atoms with van der Waals surface area (Å²) in [5.74, 6) is -0.102. The van der Waals surface area contributed by atoms with Crippen LogP contribution in [0.4, 0.5) is 5.69 Å². The molecule has 0 radical (unpaired) electrons. The number of carbonyl (C=O) groups is 2. The summed E-state index contributed by atoms with van der Waals surface area (Å²) in [4.78, 5) is 29.3. The van der Waals surface area contributed by atoms with Crippen LogP contribution in [0, 0.1) is 0 Å². The maximum absolute atomic E-state index is 13.3. The van der Waals surface area contributed by atoms with Gasteiger partial charge in [0, 0.05) is 16.6 Å². The number of thiophene rings is 1. The lowest BCUT2D eigenvalue weighted by Crippen LogP contribution is -2.60. The predicted octanol–water partition coefficient (Wildman–Crippen LogP) is 4.55. The molecule has 0 spiro atoms. The van der Waals surface area contributed by atoms with Crippen molar-refractivity contribution in [3.63, 3.8) is 0 Å². The normalized spacial score (nSPS) is 16.7. The van der Waals surface area contributed by atoms with Crippen molar-refractivity contribution in [1.82, 2.24) is 5.32 Å². The van der Waals surface area contributed by atoms with E-state index in [0.29, 0.717) is 12.8 Å². The van der Waals surface area contributed by atoms with Crippen molar-refractivity contribution >= 4 is 28.8 Å².